The molecule has 2 aromatic rings. The summed E-state index contributed by atoms with van der Waals surface area (Å²) in [6, 6.07) is 6.96. The standard InChI is InChI=1S/C15H10F4O2/c1-8-5-6-11(16)12(13(8)17)14(20)9-3-2-4-10(7-9)21-15(18)19/h2-7,15H,1H3. The molecule has 21 heavy (non-hydrogen) atoms. The molecule has 0 amide bonds. The van der Waals surface area contributed by atoms with Gasteiger partial charge < -0.3 is 4.74 Å². The third-order valence-electron chi connectivity index (χ3n) is 2.83. The number of carbonyl (C=O) groups excluding carboxylic acids is 1. The van der Waals surface area contributed by atoms with Crippen LogP contribution in [0, 0.1) is 18.6 Å². The molecule has 0 aliphatic carbocycles. The van der Waals surface area contributed by atoms with Crippen molar-refractivity contribution in [3.05, 3.63) is 64.7 Å². The Hall–Kier alpha value is -2.37. The lowest BCUT2D eigenvalue weighted by Crippen LogP contribution is -2.09. The Morgan fingerprint density at radius 3 is 2.52 bits per heavy atom. The van der Waals surface area contributed by atoms with Crippen molar-refractivity contribution in [2.75, 3.05) is 0 Å². The summed E-state index contributed by atoms with van der Waals surface area (Å²) in [4.78, 5) is 12.2. The Morgan fingerprint density at radius 2 is 1.86 bits per heavy atom. The quantitative estimate of drug-likeness (QED) is 0.627. The molecule has 2 aromatic carbocycles. The summed E-state index contributed by atoms with van der Waals surface area (Å²) >= 11 is 0. The average Bonchev–Trinajstić information content (AvgIpc) is 2.43. The predicted octanol–water partition coefficient (Wildman–Crippen LogP) is 4.11. The smallest absolute Gasteiger partial charge is 0.387 e. The molecule has 110 valence electrons. The lowest BCUT2D eigenvalue weighted by atomic mass is 10.00. The van der Waals surface area contributed by atoms with E-state index in [9.17, 15) is 22.4 Å². The minimum absolute atomic E-state index is 0.111. The zero-order valence-corrected chi connectivity index (χ0v) is 10.9. The van der Waals surface area contributed by atoms with E-state index in [4.69, 9.17) is 0 Å². The highest BCUT2D eigenvalue weighted by Crippen LogP contribution is 2.23. The van der Waals surface area contributed by atoms with E-state index < -0.39 is 29.6 Å². The van der Waals surface area contributed by atoms with E-state index in [2.05, 4.69) is 4.74 Å². The molecular formula is C15H10F4O2. The van der Waals surface area contributed by atoms with Gasteiger partial charge >= 0.3 is 6.61 Å². The fourth-order valence-corrected chi connectivity index (χ4v) is 1.82. The Kier molecular flexibility index (Phi) is 4.26. The molecule has 2 rings (SSSR count). The molecule has 0 aliphatic heterocycles. The molecule has 0 unspecified atom stereocenters. The molecule has 0 aromatic heterocycles. The van der Waals surface area contributed by atoms with Gasteiger partial charge in [0.2, 0.25) is 0 Å². The van der Waals surface area contributed by atoms with E-state index in [1.165, 1.54) is 31.2 Å². The second-order valence-electron chi connectivity index (χ2n) is 4.29. The molecule has 0 spiro atoms. The maximum Gasteiger partial charge on any atom is 0.387 e. The third kappa shape index (κ3) is 3.21. The normalized spacial score (nSPS) is 10.8. The molecular weight excluding hydrogens is 288 g/mol. The Labute approximate surface area is 118 Å². The van der Waals surface area contributed by atoms with Crippen LogP contribution >= 0.6 is 0 Å². The number of ether oxygens (including phenoxy) is 1. The van der Waals surface area contributed by atoms with Gasteiger partial charge in [0.25, 0.3) is 0 Å². The third-order valence-corrected chi connectivity index (χ3v) is 2.83. The van der Waals surface area contributed by atoms with Gasteiger partial charge in [-0.3, -0.25) is 4.79 Å². The Balaban J connectivity index is 2.43. The van der Waals surface area contributed by atoms with Gasteiger partial charge in [0.05, 0.1) is 5.56 Å². The first-order chi connectivity index (χ1) is 9.90. The number of alkyl halides is 2. The molecule has 0 heterocycles. The number of benzene rings is 2. The van der Waals surface area contributed by atoms with E-state index in [-0.39, 0.29) is 16.9 Å². The minimum Gasteiger partial charge on any atom is -0.435 e. The molecule has 0 saturated carbocycles. The van der Waals surface area contributed by atoms with Crippen molar-refractivity contribution in [3.63, 3.8) is 0 Å². The molecule has 6 heteroatoms. The largest absolute Gasteiger partial charge is 0.435 e. The van der Waals surface area contributed by atoms with Crippen LogP contribution in [0.4, 0.5) is 17.6 Å². The summed E-state index contributed by atoms with van der Waals surface area (Å²) in [5, 5.41) is 0. The lowest BCUT2D eigenvalue weighted by Gasteiger charge is -2.08. The van der Waals surface area contributed by atoms with Gasteiger partial charge in [-0.25, -0.2) is 8.78 Å². The number of ketones is 1. The van der Waals surface area contributed by atoms with Gasteiger partial charge in [-0.2, -0.15) is 8.78 Å². The van der Waals surface area contributed by atoms with Gasteiger partial charge in [-0.05, 0) is 30.7 Å². The topological polar surface area (TPSA) is 26.3 Å². The number of halogens is 4. The van der Waals surface area contributed by atoms with Crippen molar-refractivity contribution in [2.24, 2.45) is 0 Å². The predicted molar refractivity (Wildman–Crippen MR) is 67.6 cm³/mol. The Morgan fingerprint density at radius 1 is 1.14 bits per heavy atom. The van der Waals surface area contributed by atoms with Crippen molar-refractivity contribution < 1.29 is 27.1 Å². The van der Waals surface area contributed by atoms with Gasteiger partial charge in [-0.1, -0.05) is 18.2 Å². The minimum atomic E-state index is -3.05. The van der Waals surface area contributed by atoms with Crippen LogP contribution in [0.15, 0.2) is 36.4 Å². The SMILES string of the molecule is Cc1ccc(F)c(C(=O)c2cccc(OC(F)F)c2)c1F. The van der Waals surface area contributed by atoms with Crippen LogP contribution in [0.5, 0.6) is 5.75 Å². The van der Waals surface area contributed by atoms with Crippen molar-refractivity contribution >= 4 is 5.78 Å². The van der Waals surface area contributed by atoms with Crippen molar-refractivity contribution in [1.82, 2.24) is 0 Å². The van der Waals surface area contributed by atoms with Crippen LogP contribution in [0.2, 0.25) is 0 Å². The van der Waals surface area contributed by atoms with E-state index in [0.29, 0.717) is 0 Å². The second kappa shape index (κ2) is 5.95. The monoisotopic (exact) mass is 298 g/mol. The lowest BCUT2D eigenvalue weighted by molar-refractivity contribution is -0.0498. The van der Waals surface area contributed by atoms with Crippen LogP contribution in [-0.4, -0.2) is 12.4 Å². The average molecular weight is 298 g/mol. The fraction of sp³-hybridized carbons (Fsp3) is 0.133. The molecule has 0 radical (unpaired) electrons. The highest BCUT2D eigenvalue weighted by molar-refractivity contribution is 6.09. The summed E-state index contributed by atoms with van der Waals surface area (Å²) < 4.78 is 56.0. The first-order valence-corrected chi connectivity index (χ1v) is 5.94. The first kappa shape index (κ1) is 15.0. The Bertz CT molecular complexity index is 683. The maximum absolute atomic E-state index is 13.9. The van der Waals surface area contributed by atoms with Gasteiger partial charge in [0.1, 0.15) is 17.4 Å². The maximum atomic E-state index is 13.9. The molecule has 0 fully saturated rings. The van der Waals surface area contributed by atoms with Crippen LogP contribution in [0.3, 0.4) is 0 Å². The first-order valence-electron chi connectivity index (χ1n) is 5.94. The number of hydrogen-bond donors (Lipinski definition) is 0. The van der Waals surface area contributed by atoms with Gasteiger partial charge in [0, 0.05) is 5.56 Å². The zero-order chi connectivity index (χ0) is 15.6. The number of carbonyl (C=O) groups is 1. The van der Waals surface area contributed by atoms with E-state index in [1.54, 1.807) is 0 Å². The van der Waals surface area contributed by atoms with Crippen LogP contribution < -0.4 is 4.74 Å². The highest BCUT2D eigenvalue weighted by atomic mass is 19.3. The number of aryl methyl sites for hydroxylation is 1. The van der Waals surface area contributed by atoms with Crippen molar-refractivity contribution in [2.45, 2.75) is 13.5 Å². The van der Waals surface area contributed by atoms with Crippen LogP contribution in [0.25, 0.3) is 0 Å². The number of rotatable bonds is 4. The molecule has 0 N–H and O–H groups in total. The summed E-state index contributed by atoms with van der Waals surface area (Å²) in [6.07, 6.45) is 0. The summed E-state index contributed by atoms with van der Waals surface area (Å²) in [5.74, 6) is -3.18. The van der Waals surface area contributed by atoms with Crippen LogP contribution in [0.1, 0.15) is 21.5 Å². The molecule has 0 bridgehead atoms. The second-order valence-corrected chi connectivity index (χ2v) is 4.29. The molecule has 0 atom stereocenters. The molecule has 2 nitrogen and oxygen atoms in total. The summed E-state index contributed by atoms with van der Waals surface area (Å²) in [6.45, 7) is -1.66. The highest BCUT2D eigenvalue weighted by Gasteiger charge is 2.21. The molecule has 0 aliphatic rings. The zero-order valence-electron chi connectivity index (χ0n) is 10.9. The number of hydrogen-bond acceptors (Lipinski definition) is 2. The fourth-order valence-electron chi connectivity index (χ4n) is 1.82. The van der Waals surface area contributed by atoms with E-state index in [1.807, 2.05) is 0 Å². The van der Waals surface area contributed by atoms with Crippen molar-refractivity contribution in [3.8, 4) is 5.75 Å². The van der Waals surface area contributed by atoms with Crippen LogP contribution in [-0.2, 0) is 0 Å². The summed E-state index contributed by atoms with van der Waals surface area (Å²) in [7, 11) is 0. The van der Waals surface area contributed by atoms with E-state index >= 15 is 0 Å². The van der Waals surface area contributed by atoms with Crippen molar-refractivity contribution in [1.29, 1.82) is 0 Å². The van der Waals surface area contributed by atoms with Gasteiger partial charge in [-0.15, -0.1) is 0 Å². The van der Waals surface area contributed by atoms with Gasteiger partial charge in [0.15, 0.2) is 5.78 Å². The molecule has 0 saturated heterocycles. The summed E-state index contributed by atoms with van der Waals surface area (Å²) in [5.41, 5.74) is -0.750. The van der Waals surface area contributed by atoms with E-state index in [0.717, 1.165) is 12.1 Å².